The fourth-order valence-corrected chi connectivity index (χ4v) is 1.35. The molecule has 0 aromatic heterocycles. The molecule has 2 atom stereocenters. The van der Waals surface area contributed by atoms with Crippen LogP contribution in [-0.2, 0) is 4.74 Å². The third-order valence-electron chi connectivity index (χ3n) is 2.09. The van der Waals surface area contributed by atoms with Crippen LogP contribution in [0.25, 0.3) is 0 Å². The summed E-state index contributed by atoms with van der Waals surface area (Å²) in [5.74, 6) is 0. The van der Waals surface area contributed by atoms with Gasteiger partial charge < -0.3 is 10.1 Å². The number of nitrogens with one attached hydrogen (secondary N) is 1. The maximum absolute atomic E-state index is 5.53. The Bertz CT molecular complexity index is 95.8. The summed E-state index contributed by atoms with van der Waals surface area (Å²) in [6, 6.07) is 0.518. The van der Waals surface area contributed by atoms with Crippen LogP contribution in [0.15, 0.2) is 0 Å². The standard InChI is InChI=1S/C10H23NO/c1-5-8-11-10(6-2)9(4)12-7-3/h9-11H,5-8H2,1-4H3. The Morgan fingerprint density at radius 3 is 2.33 bits per heavy atom. The van der Waals surface area contributed by atoms with Crippen LogP contribution in [0.4, 0.5) is 0 Å². The summed E-state index contributed by atoms with van der Waals surface area (Å²) < 4.78 is 5.53. The summed E-state index contributed by atoms with van der Waals surface area (Å²) in [5, 5.41) is 3.48. The van der Waals surface area contributed by atoms with E-state index in [4.69, 9.17) is 4.74 Å². The van der Waals surface area contributed by atoms with Gasteiger partial charge in [0.2, 0.25) is 0 Å². The smallest absolute Gasteiger partial charge is 0.0699 e. The summed E-state index contributed by atoms with van der Waals surface area (Å²) in [4.78, 5) is 0. The van der Waals surface area contributed by atoms with E-state index in [0.29, 0.717) is 12.1 Å². The highest BCUT2D eigenvalue weighted by Crippen LogP contribution is 2.02. The number of ether oxygens (including phenoxy) is 1. The number of hydrogen-bond acceptors (Lipinski definition) is 2. The Balaban J connectivity index is 3.62. The Kier molecular flexibility index (Phi) is 7.51. The molecule has 2 nitrogen and oxygen atoms in total. The predicted octanol–water partition coefficient (Wildman–Crippen LogP) is 2.19. The van der Waals surface area contributed by atoms with Gasteiger partial charge in [0.25, 0.3) is 0 Å². The van der Waals surface area contributed by atoms with Crippen molar-refractivity contribution in [3.8, 4) is 0 Å². The lowest BCUT2D eigenvalue weighted by molar-refractivity contribution is 0.0466. The van der Waals surface area contributed by atoms with Gasteiger partial charge in [0.05, 0.1) is 6.10 Å². The van der Waals surface area contributed by atoms with Gasteiger partial charge in [-0.1, -0.05) is 13.8 Å². The minimum atomic E-state index is 0.339. The first-order valence-corrected chi connectivity index (χ1v) is 5.11. The van der Waals surface area contributed by atoms with Crippen LogP contribution < -0.4 is 5.32 Å². The quantitative estimate of drug-likeness (QED) is 0.637. The second-order valence-electron chi connectivity index (χ2n) is 3.13. The van der Waals surface area contributed by atoms with Gasteiger partial charge in [-0.15, -0.1) is 0 Å². The third-order valence-corrected chi connectivity index (χ3v) is 2.09. The first-order valence-electron chi connectivity index (χ1n) is 5.11. The summed E-state index contributed by atoms with van der Waals surface area (Å²) in [7, 11) is 0. The highest BCUT2D eigenvalue weighted by Gasteiger charge is 2.13. The van der Waals surface area contributed by atoms with Gasteiger partial charge in [0.1, 0.15) is 0 Å². The van der Waals surface area contributed by atoms with Crippen molar-refractivity contribution in [3.63, 3.8) is 0 Å². The van der Waals surface area contributed by atoms with Crippen molar-refractivity contribution < 1.29 is 4.74 Å². The SMILES string of the molecule is CCCNC(CC)C(C)OCC. The molecule has 0 saturated carbocycles. The normalized spacial score (nSPS) is 16.0. The van der Waals surface area contributed by atoms with Crippen LogP contribution in [0.2, 0.25) is 0 Å². The van der Waals surface area contributed by atoms with Crippen molar-refractivity contribution in [1.29, 1.82) is 0 Å². The van der Waals surface area contributed by atoms with Gasteiger partial charge in [-0.2, -0.15) is 0 Å². The highest BCUT2D eigenvalue weighted by molar-refractivity contribution is 4.71. The zero-order valence-electron chi connectivity index (χ0n) is 8.89. The summed E-state index contributed by atoms with van der Waals surface area (Å²) in [6.45, 7) is 10.5. The molecule has 0 aliphatic heterocycles. The number of hydrogen-bond donors (Lipinski definition) is 1. The Hall–Kier alpha value is -0.0800. The van der Waals surface area contributed by atoms with Gasteiger partial charge in [0.15, 0.2) is 0 Å². The Morgan fingerprint density at radius 2 is 1.92 bits per heavy atom. The van der Waals surface area contributed by atoms with Crippen LogP contribution >= 0.6 is 0 Å². The Labute approximate surface area is 76.7 Å². The molecular weight excluding hydrogens is 150 g/mol. The van der Waals surface area contributed by atoms with Crippen LogP contribution in [0, 0.1) is 0 Å². The van der Waals surface area contributed by atoms with E-state index in [0.717, 1.165) is 19.6 Å². The van der Waals surface area contributed by atoms with Crippen LogP contribution in [0.3, 0.4) is 0 Å². The van der Waals surface area contributed by atoms with Gasteiger partial charge >= 0.3 is 0 Å². The third kappa shape index (κ3) is 4.73. The molecule has 0 aliphatic rings. The highest BCUT2D eigenvalue weighted by atomic mass is 16.5. The van der Waals surface area contributed by atoms with Gasteiger partial charge in [-0.05, 0) is 33.2 Å². The molecule has 1 N–H and O–H groups in total. The lowest BCUT2D eigenvalue weighted by atomic mass is 10.1. The molecular formula is C10H23NO. The van der Waals surface area contributed by atoms with Crippen LogP contribution in [-0.4, -0.2) is 25.3 Å². The van der Waals surface area contributed by atoms with Gasteiger partial charge in [-0.25, -0.2) is 0 Å². The maximum atomic E-state index is 5.53. The van der Waals surface area contributed by atoms with E-state index in [2.05, 4.69) is 26.1 Å². The second kappa shape index (κ2) is 7.56. The molecule has 12 heavy (non-hydrogen) atoms. The molecule has 0 bridgehead atoms. The number of rotatable bonds is 7. The molecule has 74 valence electrons. The zero-order valence-corrected chi connectivity index (χ0v) is 8.89. The summed E-state index contributed by atoms with van der Waals surface area (Å²) in [6.07, 6.45) is 2.67. The van der Waals surface area contributed by atoms with Crippen LogP contribution in [0.1, 0.15) is 40.5 Å². The summed E-state index contributed by atoms with van der Waals surface area (Å²) in [5.41, 5.74) is 0. The lowest BCUT2D eigenvalue weighted by Gasteiger charge is -2.23. The largest absolute Gasteiger partial charge is 0.377 e. The molecule has 0 aliphatic carbocycles. The Morgan fingerprint density at radius 1 is 1.25 bits per heavy atom. The van der Waals surface area contributed by atoms with Gasteiger partial charge in [0, 0.05) is 12.6 Å². The molecule has 0 aromatic carbocycles. The first-order chi connectivity index (χ1) is 5.76. The molecule has 0 aromatic rings. The van der Waals surface area contributed by atoms with E-state index in [1.54, 1.807) is 0 Å². The van der Waals surface area contributed by atoms with E-state index < -0.39 is 0 Å². The zero-order chi connectivity index (χ0) is 9.40. The van der Waals surface area contributed by atoms with E-state index in [-0.39, 0.29) is 0 Å². The fourth-order valence-electron chi connectivity index (χ4n) is 1.35. The first kappa shape index (κ1) is 11.9. The van der Waals surface area contributed by atoms with E-state index in [9.17, 15) is 0 Å². The predicted molar refractivity (Wildman–Crippen MR) is 53.5 cm³/mol. The second-order valence-corrected chi connectivity index (χ2v) is 3.13. The average molecular weight is 173 g/mol. The van der Waals surface area contributed by atoms with Crippen molar-refractivity contribution >= 4 is 0 Å². The lowest BCUT2D eigenvalue weighted by Crippen LogP contribution is -2.39. The molecule has 0 amide bonds. The van der Waals surface area contributed by atoms with E-state index in [1.165, 1.54) is 6.42 Å². The molecule has 0 saturated heterocycles. The topological polar surface area (TPSA) is 21.3 Å². The molecule has 0 spiro atoms. The molecule has 0 heterocycles. The van der Waals surface area contributed by atoms with Crippen molar-refractivity contribution in [1.82, 2.24) is 5.32 Å². The van der Waals surface area contributed by atoms with Crippen molar-refractivity contribution in [2.75, 3.05) is 13.2 Å². The fraction of sp³-hybridized carbons (Fsp3) is 1.00. The molecule has 0 rings (SSSR count). The molecule has 0 radical (unpaired) electrons. The van der Waals surface area contributed by atoms with E-state index in [1.807, 2.05) is 6.92 Å². The minimum absolute atomic E-state index is 0.339. The monoisotopic (exact) mass is 173 g/mol. The summed E-state index contributed by atoms with van der Waals surface area (Å²) >= 11 is 0. The minimum Gasteiger partial charge on any atom is -0.377 e. The average Bonchev–Trinajstić information content (AvgIpc) is 2.06. The molecule has 0 fully saturated rings. The van der Waals surface area contributed by atoms with Crippen LogP contribution in [0.5, 0.6) is 0 Å². The molecule has 2 heteroatoms. The van der Waals surface area contributed by atoms with Crippen molar-refractivity contribution in [2.24, 2.45) is 0 Å². The van der Waals surface area contributed by atoms with Gasteiger partial charge in [-0.3, -0.25) is 0 Å². The maximum Gasteiger partial charge on any atom is 0.0699 e. The van der Waals surface area contributed by atoms with Crippen molar-refractivity contribution in [3.05, 3.63) is 0 Å². The molecule has 2 unspecified atom stereocenters. The van der Waals surface area contributed by atoms with E-state index >= 15 is 0 Å². The van der Waals surface area contributed by atoms with Crippen molar-refractivity contribution in [2.45, 2.75) is 52.7 Å².